The van der Waals surface area contributed by atoms with E-state index in [1.807, 2.05) is 12.2 Å². The van der Waals surface area contributed by atoms with E-state index in [1.54, 1.807) is 0 Å². The summed E-state index contributed by atoms with van der Waals surface area (Å²) in [5, 5.41) is 8.88. The number of hydrogen-bond donors (Lipinski definition) is 3. The molecule has 0 aromatic heterocycles. The highest BCUT2D eigenvalue weighted by molar-refractivity contribution is 7.47. The van der Waals surface area contributed by atoms with Crippen molar-refractivity contribution in [3.63, 3.8) is 0 Å². The second-order valence-electron chi connectivity index (χ2n) is 14.1. The number of allylic oxidation sites excluding steroid dienone is 11. The lowest BCUT2D eigenvalue weighted by Gasteiger charge is -2.20. The number of epoxide rings is 1. The van der Waals surface area contributed by atoms with E-state index in [0.29, 0.717) is 31.5 Å². The van der Waals surface area contributed by atoms with Crippen LogP contribution in [0.4, 0.5) is 0 Å². The summed E-state index contributed by atoms with van der Waals surface area (Å²) in [5.74, 6) is -2.49. The summed E-state index contributed by atoms with van der Waals surface area (Å²) in [7, 11) is -4.74. The van der Waals surface area contributed by atoms with Gasteiger partial charge in [0, 0.05) is 12.8 Å². The van der Waals surface area contributed by atoms with Gasteiger partial charge in [0.2, 0.25) is 0 Å². The molecule has 0 radical (unpaired) electrons. The molecule has 1 rings (SSSR count). The van der Waals surface area contributed by atoms with Crippen molar-refractivity contribution in [3.8, 4) is 0 Å². The van der Waals surface area contributed by atoms with Gasteiger partial charge >= 0.3 is 25.7 Å². The lowest BCUT2D eigenvalue weighted by Crippen LogP contribution is -2.34. The Kier molecular flexibility index (Phi) is 31.8. The van der Waals surface area contributed by atoms with Gasteiger partial charge in [-0.1, -0.05) is 125 Å². The maximum Gasteiger partial charge on any atom is 0.472 e. The topological polar surface area (TPSA) is 184 Å². The standard InChI is InChI=1S/C44H72NO11P/c1-3-5-7-8-9-10-11-12-13-14-15-16-17-18-23-26-30-34-43(47)55-38(36-53-57(50,51)54-37-39(45)44(48)49)35-52-42(46)33-29-25-22-20-19-21-24-28-32-41-40(56-41)31-27-6-4-2/h5,7,9-10,12-13,15-16,18,23-24,28,38-41H,3-4,6,8,11,14,17,19-22,25-27,29-37,45H2,1-2H3,(H,48,49)(H,50,51)/b7-5-,10-9-,13-12-,16-15-,23-18-,28-24-/t38-,39+,40?,41?/m1/s1. The van der Waals surface area contributed by atoms with Gasteiger partial charge in [-0.15, -0.1) is 0 Å². The van der Waals surface area contributed by atoms with E-state index < -0.39 is 51.1 Å². The van der Waals surface area contributed by atoms with Crippen molar-refractivity contribution < 1.29 is 52.2 Å². The number of carbonyl (C=O) groups excluding carboxylic acids is 2. The Morgan fingerprint density at radius 3 is 1.88 bits per heavy atom. The van der Waals surface area contributed by atoms with Crippen LogP contribution in [0.25, 0.3) is 0 Å². The number of carbonyl (C=O) groups is 3. The summed E-state index contributed by atoms with van der Waals surface area (Å²) >= 11 is 0. The lowest BCUT2D eigenvalue weighted by atomic mass is 10.1. The Balaban J connectivity index is 2.35. The number of phosphoric ester groups is 1. The third-order valence-electron chi connectivity index (χ3n) is 8.86. The van der Waals surface area contributed by atoms with Crippen molar-refractivity contribution in [1.82, 2.24) is 0 Å². The zero-order valence-electron chi connectivity index (χ0n) is 34.6. The molecule has 3 unspecified atom stereocenters. The Morgan fingerprint density at radius 2 is 1.23 bits per heavy atom. The zero-order valence-corrected chi connectivity index (χ0v) is 35.5. The van der Waals surface area contributed by atoms with Gasteiger partial charge < -0.3 is 29.9 Å². The number of hydrogen-bond acceptors (Lipinski definition) is 10. The molecule has 1 saturated heterocycles. The average Bonchev–Trinajstić information content (AvgIpc) is 3.94. The predicted molar refractivity (Wildman–Crippen MR) is 225 cm³/mol. The van der Waals surface area contributed by atoms with Crippen LogP contribution in [0.3, 0.4) is 0 Å². The molecule has 0 amide bonds. The van der Waals surface area contributed by atoms with E-state index in [1.165, 1.54) is 25.7 Å². The molecular formula is C44H72NO11P. The molecule has 5 atom stereocenters. The van der Waals surface area contributed by atoms with Crippen molar-refractivity contribution in [3.05, 3.63) is 72.9 Å². The molecule has 0 aliphatic carbocycles. The molecule has 0 aromatic rings. The minimum Gasteiger partial charge on any atom is -0.480 e. The predicted octanol–water partition coefficient (Wildman–Crippen LogP) is 9.93. The summed E-state index contributed by atoms with van der Waals surface area (Å²) in [6, 6.07) is -1.54. The monoisotopic (exact) mass is 821 g/mol. The second kappa shape index (κ2) is 34.9. The van der Waals surface area contributed by atoms with Crippen LogP contribution in [0.2, 0.25) is 0 Å². The van der Waals surface area contributed by atoms with Gasteiger partial charge in [-0.25, -0.2) is 4.57 Å². The molecule has 324 valence electrons. The normalized spacial score (nSPS) is 18.0. The van der Waals surface area contributed by atoms with Crippen LogP contribution in [-0.2, 0) is 42.2 Å². The van der Waals surface area contributed by atoms with Crippen LogP contribution in [0.5, 0.6) is 0 Å². The van der Waals surface area contributed by atoms with Crippen LogP contribution in [0.15, 0.2) is 72.9 Å². The number of aliphatic carboxylic acids is 1. The smallest absolute Gasteiger partial charge is 0.472 e. The third kappa shape index (κ3) is 32.5. The number of unbranched alkanes of at least 4 members (excludes halogenated alkanes) is 8. The Labute approximate surface area is 342 Å². The summed E-state index contributed by atoms with van der Waals surface area (Å²) in [5.41, 5.74) is 5.32. The second-order valence-corrected chi connectivity index (χ2v) is 15.6. The van der Waals surface area contributed by atoms with Gasteiger partial charge in [-0.05, 0) is 77.0 Å². The molecule has 1 aliphatic rings. The molecule has 0 saturated carbocycles. The van der Waals surface area contributed by atoms with Crippen LogP contribution in [0.1, 0.15) is 142 Å². The minimum atomic E-state index is -4.74. The van der Waals surface area contributed by atoms with Crippen molar-refractivity contribution in [2.24, 2.45) is 5.73 Å². The summed E-state index contributed by atoms with van der Waals surface area (Å²) in [6.07, 6.45) is 42.9. The number of carboxylic acids is 1. The highest BCUT2D eigenvalue weighted by atomic mass is 31.2. The number of esters is 2. The van der Waals surface area contributed by atoms with Crippen molar-refractivity contribution in [2.45, 2.75) is 167 Å². The quantitative estimate of drug-likeness (QED) is 0.0177. The molecular weight excluding hydrogens is 749 g/mol. The summed E-state index contributed by atoms with van der Waals surface area (Å²) in [4.78, 5) is 45.9. The first-order chi connectivity index (χ1) is 27.6. The van der Waals surface area contributed by atoms with E-state index in [0.717, 1.165) is 70.6 Å². The molecule has 57 heavy (non-hydrogen) atoms. The first kappa shape index (κ1) is 51.9. The van der Waals surface area contributed by atoms with E-state index >= 15 is 0 Å². The maximum absolute atomic E-state index is 12.6. The summed E-state index contributed by atoms with van der Waals surface area (Å²) < 4.78 is 38.3. The number of phosphoric acid groups is 1. The van der Waals surface area contributed by atoms with E-state index in [4.69, 9.17) is 29.6 Å². The molecule has 13 heteroatoms. The van der Waals surface area contributed by atoms with Crippen LogP contribution >= 0.6 is 7.82 Å². The van der Waals surface area contributed by atoms with Crippen molar-refractivity contribution in [1.29, 1.82) is 0 Å². The number of rotatable bonds is 37. The SMILES string of the molecule is CC/C=C\C/C=C\C/C=C\C/C=C\C/C=C\CCCC(=O)O[C@H](COC(=O)CCCCCCC/C=C\CC1OC1CCCCC)COP(=O)(O)OC[C@H](N)C(=O)O. The fourth-order valence-corrected chi connectivity index (χ4v) is 6.24. The fourth-order valence-electron chi connectivity index (χ4n) is 5.46. The minimum absolute atomic E-state index is 0.0732. The first-order valence-electron chi connectivity index (χ1n) is 21.1. The van der Waals surface area contributed by atoms with E-state index in [-0.39, 0.29) is 19.4 Å². The lowest BCUT2D eigenvalue weighted by molar-refractivity contribution is -0.161. The molecule has 0 bridgehead atoms. The Bertz CT molecular complexity index is 1310. The number of ether oxygens (including phenoxy) is 3. The highest BCUT2D eigenvalue weighted by Gasteiger charge is 2.36. The van der Waals surface area contributed by atoms with Crippen LogP contribution in [0, 0.1) is 0 Å². The molecule has 1 aliphatic heterocycles. The largest absolute Gasteiger partial charge is 0.480 e. The molecule has 0 spiro atoms. The molecule has 0 aromatic carbocycles. The first-order valence-corrected chi connectivity index (χ1v) is 22.6. The number of nitrogens with two attached hydrogens (primary N) is 1. The van der Waals surface area contributed by atoms with Gasteiger partial charge in [0.25, 0.3) is 0 Å². The molecule has 1 fully saturated rings. The Hall–Kier alpha value is -3.12. The molecule has 1 heterocycles. The number of carboxylic acid groups (broad SMARTS) is 1. The van der Waals surface area contributed by atoms with E-state index in [2.05, 4.69) is 79.1 Å². The third-order valence-corrected chi connectivity index (χ3v) is 9.81. The average molecular weight is 822 g/mol. The van der Waals surface area contributed by atoms with Crippen molar-refractivity contribution >= 4 is 25.7 Å². The Morgan fingerprint density at radius 1 is 0.667 bits per heavy atom. The van der Waals surface area contributed by atoms with Gasteiger partial charge in [-0.2, -0.15) is 0 Å². The maximum atomic E-state index is 12.6. The van der Waals surface area contributed by atoms with E-state index in [9.17, 15) is 23.8 Å². The van der Waals surface area contributed by atoms with Gasteiger partial charge in [0.1, 0.15) is 12.6 Å². The highest BCUT2D eigenvalue weighted by Crippen LogP contribution is 2.43. The van der Waals surface area contributed by atoms with Gasteiger partial charge in [0.05, 0.1) is 25.4 Å². The van der Waals surface area contributed by atoms with Gasteiger partial charge in [-0.3, -0.25) is 23.4 Å². The summed E-state index contributed by atoms with van der Waals surface area (Å²) in [6.45, 7) is 2.56. The molecule has 4 N–H and O–H groups in total. The van der Waals surface area contributed by atoms with Crippen LogP contribution in [-0.4, -0.2) is 72.1 Å². The van der Waals surface area contributed by atoms with Crippen LogP contribution < -0.4 is 5.73 Å². The fraction of sp³-hybridized carbons (Fsp3) is 0.659. The van der Waals surface area contributed by atoms with Crippen molar-refractivity contribution in [2.75, 3.05) is 19.8 Å². The molecule has 12 nitrogen and oxygen atoms in total. The van der Waals surface area contributed by atoms with Gasteiger partial charge in [0.15, 0.2) is 6.10 Å². The zero-order chi connectivity index (χ0) is 41.8.